The Balaban J connectivity index is 1.48. The fraction of sp³-hybridized carbons (Fsp3) is 0.696. The number of ether oxygens (including phenoxy) is 2. The molecule has 156 valence electrons. The molecule has 1 heterocycles. The van der Waals surface area contributed by atoms with Crippen LogP contribution in [0.4, 0.5) is 5.69 Å². The van der Waals surface area contributed by atoms with Gasteiger partial charge in [-0.2, -0.15) is 0 Å². The van der Waals surface area contributed by atoms with Crippen LogP contribution in [0.1, 0.15) is 65.2 Å². The van der Waals surface area contributed by atoms with Gasteiger partial charge in [0.15, 0.2) is 0 Å². The van der Waals surface area contributed by atoms with Crippen molar-refractivity contribution in [2.45, 2.75) is 76.9 Å². The van der Waals surface area contributed by atoms with Gasteiger partial charge in [0.1, 0.15) is 18.0 Å². The standard InChI is InChI=1S/C23H36N2O3/c1-3-28-23(14-6-4-7-15-23)22(26)24-20-10-12-21(13-11-20)27-18-17-25-16-8-5-9-19(25)2/h10-13,19H,3-9,14-18H2,1-2H3,(H,24,26). The minimum Gasteiger partial charge on any atom is -0.492 e. The van der Waals surface area contributed by atoms with E-state index in [4.69, 9.17) is 9.47 Å². The third-order valence-corrected chi connectivity index (χ3v) is 6.20. The van der Waals surface area contributed by atoms with Crippen LogP contribution >= 0.6 is 0 Å². The van der Waals surface area contributed by atoms with Crippen molar-refractivity contribution in [2.24, 2.45) is 0 Å². The molecule has 0 spiro atoms. The molecule has 1 saturated heterocycles. The monoisotopic (exact) mass is 388 g/mol. The number of piperidine rings is 1. The number of carbonyl (C=O) groups is 1. The number of likely N-dealkylation sites (tertiary alicyclic amines) is 1. The lowest BCUT2D eigenvalue weighted by Gasteiger charge is -2.35. The molecule has 1 amide bonds. The SMILES string of the molecule is CCOC1(C(=O)Nc2ccc(OCCN3CCCCC3C)cc2)CCCCC1. The van der Waals surface area contributed by atoms with Crippen LogP contribution in [0.5, 0.6) is 5.75 Å². The van der Waals surface area contributed by atoms with Crippen LogP contribution in [0.15, 0.2) is 24.3 Å². The van der Waals surface area contributed by atoms with Crippen molar-refractivity contribution in [1.29, 1.82) is 0 Å². The van der Waals surface area contributed by atoms with Crippen LogP contribution in [0, 0.1) is 0 Å². The molecule has 2 aliphatic rings. The first-order valence-electron chi connectivity index (χ1n) is 11.1. The highest BCUT2D eigenvalue weighted by Crippen LogP contribution is 2.33. The summed E-state index contributed by atoms with van der Waals surface area (Å²) in [6, 6.07) is 8.36. The Bertz CT molecular complexity index is 605. The zero-order valence-electron chi connectivity index (χ0n) is 17.5. The number of hydrogen-bond acceptors (Lipinski definition) is 4. The Morgan fingerprint density at radius 3 is 2.57 bits per heavy atom. The Labute approximate surface area is 169 Å². The molecule has 5 heteroatoms. The van der Waals surface area contributed by atoms with Gasteiger partial charge in [0.2, 0.25) is 0 Å². The summed E-state index contributed by atoms with van der Waals surface area (Å²) in [5.74, 6) is 0.835. The zero-order chi connectivity index (χ0) is 19.8. The number of anilines is 1. The third-order valence-electron chi connectivity index (χ3n) is 6.20. The molecule has 0 bridgehead atoms. The van der Waals surface area contributed by atoms with E-state index in [2.05, 4.69) is 17.1 Å². The maximum atomic E-state index is 12.9. The fourth-order valence-electron chi connectivity index (χ4n) is 4.49. The molecule has 2 fully saturated rings. The molecular weight excluding hydrogens is 352 g/mol. The molecule has 0 radical (unpaired) electrons. The van der Waals surface area contributed by atoms with E-state index in [1.165, 1.54) is 32.2 Å². The van der Waals surface area contributed by atoms with Crippen molar-refractivity contribution in [3.8, 4) is 5.75 Å². The van der Waals surface area contributed by atoms with Gasteiger partial charge in [0, 0.05) is 24.9 Å². The number of hydrogen-bond donors (Lipinski definition) is 1. The lowest BCUT2D eigenvalue weighted by Crippen LogP contribution is -2.47. The molecule has 5 nitrogen and oxygen atoms in total. The van der Waals surface area contributed by atoms with Crippen LogP contribution < -0.4 is 10.1 Å². The second-order valence-electron chi connectivity index (χ2n) is 8.20. The number of amides is 1. The maximum Gasteiger partial charge on any atom is 0.256 e. The number of nitrogens with one attached hydrogen (secondary N) is 1. The van der Waals surface area contributed by atoms with E-state index < -0.39 is 5.60 Å². The van der Waals surface area contributed by atoms with Crippen LogP contribution in [0.25, 0.3) is 0 Å². The summed E-state index contributed by atoms with van der Waals surface area (Å²) in [6.07, 6.45) is 8.83. The smallest absolute Gasteiger partial charge is 0.256 e. The Kier molecular flexibility index (Phi) is 7.74. The summed E-state index contributed by atoms with van der Waals surface area (Å²) in [6.45, 7) is 7.67. The average Bonchev–Trinajstić information content (AvgIpc) is 2.71. The van der Waals surface area contributed by atoms with Crippen LogP contribution in [0.2, 0.25) is 0 Å². The second kappa shape index (κ2) is 10.3. The predicted molar refractivity (Wildman–Crippen MR) is 113 cm³/mol. The molecule has 1 aliphatic heterocycles. The largest absolute Gasteiger partial charge is 0.492 e. The van der Waals surface area contributed by atoms with Crippen LogP contribution in [-0.2, 0) is 9.53 Å². The van der Waals surface area contributed by atoms with Gasteiger partial charge in [-0.05, 0) is 70.3 Å². The van der Waals surface area contributed by atoms with Gasteiger partial charge >= 0.3 is 0 Å². The normalized spacial score (nSPS) is 22.6. The summed E-state index contributed by atoms with van der Waals surface area (Å²) >= 11 is 0. The highest BCUT2D eigenvalue weighted by Gasteiger charge is 2.40. The minimum absolute atomic E-state index is 0.0122. The highest BCUT2D eigenvalue weighted by molar-refractivity contribution is 5.97. The van der Waals surface area contributed by atoms with Gasteiger partial charge < -0.3 is 14.8 Å². The Hall–Kier alpha value is -1.59. The lowest BCUT2D eigenvalue weighted by atomic mass is 9.83. The number of carbonyl (C=O) groups excluding carboxylic acids is 1. The molecule has 1 atom stereocenters. The number of benzene rings is 1. The molecule has 1 aromatic rings. The van der Waals surface area contributed by atoms with Gasteiger partial charge in [0.25, 0.3) is 5.91 Å². The first-order chi connectivity index (χ1) is 13.6. The van der Waals surface area contributed by atoms with Crippen molar-refractivity contribution in [1.82, 2.24) is 4.90 Å². The quantitative estimate of drug-likeness (QED) is 0.706. The average molecular weight is 389 g/mol. The first kappa shape index (κ1) is 21.1. The van der Waals surface area contributed by atoms with Crippen molar-refractivity contribution in [3.63, 3.8) is 0 Å². The van der Waals surface area contributed by atoms with E-state index in [1.807, 2.05) is 31.2 Å². The minimum atomic E-state index is -0.659. The van der Waals surface area contributed by atoms with Crippen molar-refractivity contribution in [3.05, 3.63) is 24.3 Å². The summed E-state index contributed by atoms with van der Waals surface area (Å²) in [5.41, 5.74) is 0.138. The molecular formula is C23H36N2O3. The predicted octanol–water partition coefficient (Wildman–Crippen LogP) is 4.62. The summed E-state index contributed by atoms with van der Waals surface area (Å²) in [4.78, 5) is 15.4. The molecule has 28 heavy (non-hydrogen) atoms. The third kappa shape index (κ3) is 5.48. The Morgan fingerprint density at radius 1 is 1.14 bits per heavy atom. The summed E-state index contributed by atoms with van der Waals surface area (Å²) in [5, 5.41) is 3.05. The van der Waals surface area contributed by atoms with E-state index in [9.17, 15) is 4.79 Å². The van der Waals surface area contributed by atoms with Crippen molar-refractivity contribution < 1.29 is 14.3 Å². The van der Waals surface area contributed by atoms with Crippen LogP contribution in [-0.4, -0.2) is 48.8 Å². The van der Waals surface area contributed by atoms with Gasteiger partial charge in [-0.1, -0.05) is 25.7 Å². The van der Waals surface area contributed by atoms with E-state index in [-0.39, 0.29) is 5.91 Å². The second-order valence-corrected chi connectivity index (χ2v) is 8.20. The topological polar surface area (TPSA) is 50.8 Å². The molecule has 3 rings (SSSR count). The summed E-state index contributed by atoms with van der Waals surface area (Å²) < 4.78 is 11.8. The van der Waals surface area contributed by atoms with E-state index in [1.54, 1.807) is 0 Å². The molecule has 1 saturated carbocycles. The van der Waals surface area contributed by atoms with Gasteiger partial charge in [-0.3, -0.25) is 9.69 Å². The van der Waals surface area contributed by atoms with E-state index >= 15 is 0 Å². The number of nitrogens with zero attached hydrogens (tertiary/aromatic N) is 1. The van der Waals surface area contributed by atoms with Gasteiger partial charge in [0.05, 0.1) is 0 Å². The summed E-state index contributed by atoms with van der Waals surface area (Å²) in [7, 11) is 0. The maximum absolute atomic E-state index is 12.9. The molecule has 1 aliphatic carbocycles. The van der Waals surface area contributed by atoms with E-state index in [0.29, 0.717) is 19.3 Å². The number of rotatable bonds is 8. The van der Waals surface area contributed by atoms with Crippen molar-refractivity contribution in [2.75, 3.05) is 31.6 Å². The lowest BCUT2D eigenvalue weighted by molar-refractivity contribution is -0.145. The molecule has 1 unspecified atom stereocenters. The first-order valence-corrected chi connectivity index (χ1v) is 11.1. The fourth-order valence-corrected chi connectivity index (χ4v) is 4.49. The molecule has 0 aromatic heterocycles. The molecule has 1 aromatic carbocycles. The Morgan fingerprint density at radius 2 is 1.89 bits per heavy atom. The van der Waals surface area contributed by atoms with Gasteiger partial charge in [-0.15, -0.1) is 0 Å². The van der Waals surface area contributed by atoms with Gasteiger partial charge in [-0.25, -0.2) is 0 Å². The van der Waals surface area contributed by atoms with E-state index in [0.717, 1.165) is 43.7 Å². The zero-order valence-corrected chi connectivity index (χ0v) is 17.5. The van der Waals surface area contributed by atoms with Crippen LogP contribution in [0.3, 0.4) is 0 Å². The molecule has 1 N–H and O–H groups in total. The van der Waals surface area contributed by atoms with Crippen molar-refractivity contribution >= 4 is 11.6 Å². The highest BCUT2D eigenvalue weighted by atomic mass is 16.5.